The lowest BCUT2D eigenvalue weighted by Gasteiger charge is -2.27. The van der Waals surface area contributed by atoms with Crippen LogP contribution in [0, 0.1) is 17.8 Å². The molecule has 2 heterocycles. The van der Waals surface area contributed by atoms with Crippen molar-refractivity contribution in [2.24, 2.45) is 17.8 Å². The molecular formula is C20H28N2O3. The average Bonchev–Trinajstić information content (AvgIpc) is 3.18. The minimum atomic E-state index is -0.472. The number of rotatable bonds is 5. The second-order valence-electron chi connectivity index (χ2n) is 7.55. The fourth-order valence-electron chi connectivity index (χ4n) is 3.98. The standard InChI is InChI=1S/C20H28N2O3/c1-4-16-11-21(10-15-8-6-5-7-9-15)12-17(16)19(23)22-18(14(2)3)13-25-20(22)24/h5-9,14,16-18H,4,10-13H2,1-3H3/t16-,17+,18-/m1/s1. The molecule has 136 valence electrons. The molecule has 3 atom stereocenters. The predicted octanol–water partition coefficient (Wildman–Crippen LogP) is 3.15. The molecule has 2 amide bonds. The normalized spacial score (nSPS) is 27.1. The summed E-state index contributed by atoms with van der Waals surface area (Å²) in [5.41, 5.74) is 1.26. The van der Waals surface area contributed by atoms with E-state index in [4.69, 9.17) is 4.74 Å². The number of hydrogen-bond acceptors (Lipinski definition) is 4. The van der Waals surface area contributed by atoms with Crippen molar-refractivity contribution in [1.82, 2.24) is 9.80 Å². The van der Waals surface area contributed by atoms with Crippen molar-refractivity contribution in [2.75, 3.05) is 19.7 Å². The monoisotopic (exact) mass is 344 g/mol. The summed E-state index contributed by atoms with van der Waals surface area (Å²) in [4.78, 5) is 29.0. The van der Waals surface area contributed by atoms with Crippen molar-refractivity contribution in [2.45, 2.75) is 39.8 Å². The summed E-state index contributed by atoms with van der Waals surface area (Å²) in [6, 6.07) is 10.2. The molecule has 1 aromatic carbocycles. The van der Waals surface area contributed by atoms with E-state index in [0.29, 0.717) is 13.2 Å². The molecule has 5 heteroatoms. The zero-order valence-electron chi connectivity index (χ0n) is 15.4. The van der Waals surface area contributed by atoms with E-state index >= 15 is 0 Å². The van der Waals surface area contributed by atoms with E-state index in [1.54, 1.807) is 0 Å². The molecule has 5 nitrogen and oxygen atoms in total. The third-order valence-electron chi connectivity index (χ3n) is 5.52. The molecule has 0 bridgehead atoms. The lowest BCUT2D eigenvalue weighted by molar-refractivity contribution is -0.134. The lowest BCUT2D eigenvalue weighted by Crippen LogP contribution is -2.46. The molecule has 0 spiro atoms. The van der Waals surface area contributed by atoms with Crippen molar-refractivity contribution < 1.29 is 14.3 Å². The smallest absolute Gasteiger partial charge is 0.416 e. The average molecular weight is 344 g/mol. The minimum absolute atomic E-state index is 0.0522. The fourth-order valence-corrected chi connectivity index (χ4v) is 3.98. The summed E-state index contributed by atoms with van der Waals surface area (Å²) in [6.45, 7) is 8.96. The Kier molecular flexibility index (Phi) is 5.42. The van der Waals surface area contributed by atoms with Crippen LogP contribution in [0.3, 0.4) is 0 Å². The van der Waals surface area contributed by atoms with E-state index in [0.717, 1.165) is 19.5 Å². The van der Waals surface area contributed by atoms with Gasteiger partial charge in [0, 0.05) is 19.6 Å². The number of carbonyl (C=O) groups is 2. The van der Waals surface area contributed by atoms with Gasteiger partial charge in [-0.25, -0.2) is 9.69 Å². The SMILES string of the molecule is CC[C@@H]1CN(Cc2ccccc2)C[C@@H]1C(=O)N1C(=O)OC[C@@H]1C(C)C. The zero-order valence-corrected chi connectivity index (χ0v) is 15.4. The summed E-state index contributed by atoms with van der Waals surface area (Å²) in [7, 11) is 0. The van der Waals surface area contributed by atoms with Crippen molar-refractivity contribution in [1.29, 1.82) is 0 Å². The lowest BCUT2D eigenvalue weighted by atomic mass is 9.91. The Morgan fingerprint density at radius 1 is 1.24 bits per heavy atom. The van der Waals surface area contributed by atoms with Crippen LogP contribution in [-0.4, -0.2) is 47.5 Å². The summed E-state index contributed by atoms with van der Waals surface area (Å²) in [5.74, 6) is 0.318. The second kappa shape index (κ2) is 7.56. The topological polar surface area (TPSA) is 49.9 Å². The van der Waals surface area contributed by atoms with E-state index in [-0.39, 0.29) is 29.7 Å². The molecule has 2 aliphatic rings. The van der Waals surface area contributed by atoms with Crippen LogP contribution in [0.4, 0.5) is 4.79 Å². The van der Waals surface area contributed by atoms with Gasteiger partial charge in [0.05, 0.1) is 12.0 Å². The van der Waals surface area contributed by atoms with Crippen LogP contribution >= 0.6 is 0 Å². The van der Waals surface area contributed by atoms with Crippen molar-refractivity contribution >= 4 is 12.0 Å². The third kappa shape index (κ3) is 3.71. The van der Waals surface area contributed by atoms with Gasteiger partial charge in [-0.05, 0) is 17.4 Å². The second-order valence-corrected chi connectivity index (χ2v) is 7.55. The van der Waals surface area contributed by atoms with Gasteiger partial charge >= 0.3 is 6.09 Å². The minimum Gasteiger partial charge on any atom is -0.447 e. The first-order valence-electron chi connectivity index (χ1n) is 9.27. The first kappa shape index (κ1) is 17.9. The van der Waals surface area contributed by atoms with Crippen molar-refractivity contribution in [3.63, 3.8) is 0 Å². The molecule has 0 saturated carbocycles. The number of benzene rings is 1. The van der Waals surface area contributed by atoms with Gasteiger partial charge in [-0.15, -0.1) is 0 Å². The molecule has 0 unspecified atom stereocenters. The zero-order chi connectivity index (χ0) is 18.0. The molecule has 0 N–H and O–H groups in total. The highest BCUT2D eigenvalue weighted by Gasteiger charge is 2.46. The van der Waals surface area contributed by atoms with Gasteiger partial charge in [0.1, 0.15) is 6.61 Å². The fraction of sp³-hybridized carbons (Fsp3) is 0.600. The van der Waals surface area contributed by atoms with Crippen LogP contribution in [0.1, 0.15) is 32.8 Å². The number of ether oxygens (including phenoxy) is 1. The van der Waals surface area contributed by atoms with Gasteiger partial charge in [0.2, 0.25) is 5.91 Å². The number of imide groups is 1. The van der Waals surface area contributed by atoms with E-state index in [9.17, 15) is 9.59 Å². The first-order chi connectivity index (χ1) is 12.0. The highest BCUT2D eigenvalue weighted by atomic mass is 16.6. The molecule has 2 fully saturated rings. The number of carbonyl (C=O) groups excluding carboxylic acids is 2. The molecular weight excluding hydrogens is 316 g/mol. The maximum atomic E-state index is 13.1. The summed E-state index contributed by atoms with van der Waals surface area (Å²) >= 11 is 0. The Labute approximate surface area is 149 Å². The molecule has 0 aromatic heterocycles. The van der Waals surface area contributed by atoms with E-state index in [2.05, 4.69) is 24.0 Å². The Bertz CT molecular complexity index is 617. The Morgan fingerprint density at radius 3 is 2.60 bits per heavy atom. The third-order valence-corrected chi connectivity index (χ3v) is 5.52. The summed E-state index contributed by atoms with van der Waals surface area (Å²) < 4.78 is 5.16. The largest absolute Gasteiger partial charge is 0.447 e. The molecule has 2 aliphatic heterocycles. The molecule has 0 aliphatic carbocycles. The highest BCUT2D eigenvalue weighted by Crippen LogP contribution is 2.32. The number of nitrogens with zero attached hydrogens (tertiary/aromatic N) is 2. The molecule has 1 aromatic rings. The van der Waals surface area contributed by atoms with E-state index < -0.39 is 6.09 Å². The molecule has 3 rings (SSSR count). The van der Waals surface area contributed by atoms with Crippen LogP contribution in [0.15, 0.2) is 30.3 Å². The maximum absolute atomic E-state index is 13.1. The Morgan fingerprint density at radius 2 is 1.96 bits per heavy atom. The highest BCUT2D eigenvalue weighted by molar-refractivity contribution is 5.95. The Balaban J connectivity index is 1.72. The van der Waals surface area contributed by atoms with Crippen molar-refractivity contribution in [3.8, 4) is 0 Å². The van der Waals surface area contributed by atoms with Gasteiger partial charge in [-0.2, -0.15) is 0 Å². The Hall–Kier alpha value is -1.88. The summed E-state index contributed by atoms with van der Waals surface area (Å²) in [6.07, 6.45) is 0.469. The number of amides is 2. The van der Waals surface area contributed by atoms with Crippen LogP contribution in [-0.2, 0) is 16.1 Å². The van der Waals surface area contributed by atoms with Gasteiger partial charge < -0.3 is 4.74 Å². The number of likely N-dealkylation sites (tertiary alicyclic amines) is 1. The van der Waals surface area contributed by atoms with E-state index in [1.807, 2.05) is 32.0 Å². The summed E-state index contributed by atoms with van der Waals surface area (Å²) in [5, 5.41) is 0. The number of cyclic esters (lactones) is 1. The van der Waals surface area contributed by atoms with Gasteiger partial charge in [0.25, 0.3) is 0 Å². The van der Waals surface area contributed by atoms with Crippen LogP contribution in [0.25, 0.3) is 0 Å². The van der Waals surface area contributed by atoms with Gasteiger partial charge in [0.15, 0.2) is 0 Å². The predicted molar refractivity (Wildman–Crippen MR) is 95.8 cm³/mol. The van der Waals surface area contributed by atoms with Crippen LogP contribution in [0.5, 0.6) is 0 Å². The van der Waals surface area contributed by atoms with Crippen LogP contribution in [0.2, 0.25) is 0 Å². The molecule has 0 radical (unpaired) electrons. The molecule has 2 saturated heterocycles. The number of hydrogen-bond donors (Lipinski definition) is 0. The maximum Gasteiger partial charge on any atom is 0.416 e. The van der Waals surface area contributed by atoms with E-state index in [1.165, 1.54) is 10.5 Å². The van der Waals surface area contributed by atoms with Gasteiger partial charge in [-0.1, -0.05) is 57.5 Å². The quantitative estimate of drug-likeness (QED) is 0.823. The van der Waals surface area contributed by atoms with Crippen molar-refractivity contribution in [3.05, 3.63) is 35.9 Å². The van der Waals surface area contributed by atoms with Gasteiger partial charge in [-0.3, -0.25) is 9.69 Å². The first-order valence-corrected chi connectivity index (χ1v) is 9.27. The molecule has 25 heavy (non-hydrogen) atoms. The van der Waals surface area contributed by atoms with Crippen LogP contribution < -0.4 is 0 Å².